The Morgan fingerprint density at radius 2 is 2.08 bits per heavy atom. The summed E-state index contributed by atoms with van der Waals surface area (Å²) in [6.45, 7) is 1.02. The molecule has 2 aliphatic heterocycles. The maximum absolute atomic E-state index is 4.49. The Bertz CT molecular complexity index is 188. The van der Waals surface area contributed by atoms with Gasteiger partial charge in [0.05, 0.1) is 0 Å². The van der Waals surface area contributed by atoms with E-state index in [0.29, 0.717) is 6.04 Å². The molecule has 13 heavy (non-hydrogen) atoms. The van der Waals surface area contributed by atoms with Crippen molar-refractivity contribution in [1.82, 2.24) is 5.32 Å². The number of hydrogen-bond acceptors (Lipinski definition) is 4. The fourth-order valence-electron chi connectivity index (χ4n) is 1.56. The quantitative estimate of drug-likeness (QED) is 0.725. The summed E-state index contributed by atoms with van der Waals surface area (Å²) in [5.74, 6) is 3.87. The van der Waals surface area contributed by atoms with Gasteiger partial charge in [-0.1, -0.05) is 11.8 Å². The van der Waals surface area contributed by atoms with E-state index in [-0.39, 0.29) is 0 Å². The second-order valence-corrected chi connectivity index (χ2v) is 5.73. The van der Waals surface area contributed by atoms with Crippen LogP contribution in [0.3, 0.4) is 0 Å². The molecule has 0 spiro atoms. The molecule has 0 aromatic heterocycles. The number of aliphatic imine (C=N–C) groups is 1. The molecule has 0 unspecified atom stereocenters. The van der Waals surface area contributed by atoms with Crippen LogP contribution < -0.4 is 5.32 Å². The van der Waals surface area contributed by atoms with Crippen molar-refractivity contribution >= 4 is 28.7 Å². The van der Waals surface area contributed by atoms with Crippen molar-refractivity contribution in [3.05, 3.63) is 0 Å². The third kappa shape index (κ3) is 3.09. The van der Waals surface area contributed by atoms with E-state index in [9.17, 15) is 0 Å². The van der Waals surface area contributed by atoms with Crippen molar-refractivity contribution in [3.63, 3.8) is 0 Å². The zero-order valence-electron chi connectivity index (χ0n) is 7.79. The molecule has 1 N–H and O–H groups in total. The summed E-state index contributed by atoms with van der Waals surface area (Å²) in [6, 6.07) is 0.700. The highest BCUT2D eigenvalue weighted by molar-refractivity contribution is 8.13. The molecule has 0 radical (unpaired) electrons. The van der Waals surface area contributed by atoms with Gasteiger partial charge in [-0.2, -0.15) is 11.8 Å². The lowest BCUT2D eigenvalue weighted by Gasteiger charge is -2.25. The summed E-state index contributed by atoms with van der Waals surface area (Å²) in [6.07, 6.45) is 3.87. The molecule has 1 fully saturated rings. The van der Waals surface area contributed by atoms with Gasteiger partial charge in [-0.25, -0.2) is 0 Å². The van der Waals surface area contributed by atoms with Crippen molar-refractivity contribution in [2.45, 2.75) is 25.3 Å². The molecule has 1 saturated heterocycles. The van der Waals surface area contributed by atoms with Crippen LogP contribution >= 0.6 is 23.5 Å². The molecule has 0 aromatic rings. The van der Waals surface area contributed by atoms with Gasteiger partial charge >= 0.3 is 0 Å². The van der Waals surface area contributed by atoms with E-state index in [1.807, 2.05) is 11.8 Å². The van der Waals surface area contributed by atoms with Gasteiger partial charge < -0.3 is 5.32 Å². The van der Waals surface area contributed by atoms with Crippen molar-refractivity contribution in [1.29, 1.82) is 0 Å². The first-order valence-corrected chi connectivity index (χ1v) is 7.11. The number of rotatable bonds is 1. The smallest absolute Gasteiger partial charge is 0.156 e. The Labute approximate surface area is 88.3 Å². The molecule has 0 saturated carbocycles. The Morgan fingerprint density at radius 1 is 1.23 bits per heavy atom. The molecule has 0 bridgehead atoms. The summed E-state index contributed by atoms with van der Waals surface area (Å²) in [4.78, 5) is 4.49. The fraction of sp³-hybridized carbons (Fsp3) is 0.889. The van der Waals surface area contributed by atoms with Gasteiger partial charge in [0.15, 0.2) is 5.17 Å². The molecule has 2 rings (SSSR count). The molecule has 2 aliphatic rings. The van der Waals surface area contributed by atoms with Crippen LogP contribution in [-0.4, -0.2) is 35.0 Å². The average molecular weight is 216 g/mol. The number of nitrogens with zero attached hydrogens (tertiary/aromatic N) is 1. The van der Waals surface area contributed by atoms with Crippen LogP contribution in [0.1, 0.15) is 19.3 Å². The predicted molar refractivity (Wildman–Crippen MR) is 62.9 cm³/mol. The molecule has 2 nitrogen and oxygen atoms in total. The second kappa shape index (κ2) is 5.15. The molecule has 74 valence electrons. The largest absolute Gasteiger partial charge is 0.362 e. The minimum atomic E-state index is 0.700. The predicted octanol–water partition coefficient (Wildman–Crippen LogP) is 1.96. The van der Waals surface area contributed by atoms with Crippen molar-refractivity contribution in [2.24, 2.45) is 4.99 Å². The summed E-state index contributed by atoms with van der Waals surface area (Å²) < 4.78 is 0. The van der Waals surface area contributed by atoms with E-state index in [2.05, 4.69) is 22.1 Å². The first kappa shape index (κ1) is 9.71. The minimum Gasteiger partial charge on any atom is -0.362 e. The maximum atomic E-state index is 4.49. The van der Waals surface area contributed by atoms with E-state index in [0.717, 1.165) is 6.54 Å². The third-order valence-corrected chi connectivity index (χ3v) is 4.41. The third-order valence-electron chi connectivity index (χ3n) is 2.35. The van der Waals surface area contributed by atoms with Gasteiger partial charge in [0.25, 0.3) is 0 Å². The van der Waals surface area contributed by atoms with Crippen LogP contribution in [0.2, 0.25) is 0 Å². The van der Waals surface area contributed by atoms with Crippen LogP contribution in [0.5, 0.6) is 0 Å². The number of thioether (sulfide) groups is 2. The van der Waals surface area contributed by atoms with Gasteiger partial charge in [-0.05, 0) is 30.8 Å². The summed E-state index contributed by atoms with van der Waals surface area (Å²) in [5, 5.41) is 4.75. The molecule has 0 atom stereocenters. The van der Waals surface area contributed by atoms with Crippen molar-refractivity contribution < 1.29 is 0 Å². The topological polar surface area (TPSA) is 24.4 Å². The monoisotopic (exact) mass is 216 g/mol. The normalized spacial score (nSPS) is 25.4. The molecule has 0 aromatic carbocycles. The Hall–Kier alpha value is 0.170. The lowest BCUT2D eigenvalue weighted by Crippen LogP contribution is -2.37. The maximum Gasteiger partial charge on any atom is 0.156 e. The van der Waals surface area contributed by atoms with E-state index >= 15 is 0 Å². The highest BCUT2D eigenvalue weighted by Crippen LogP contribution is 2.19. The minimum absolute atomic E-state index is 0.700. The highest BCUT2D eigenvalue weighted by Gasteiger charge is 2.15. The van der Waals surface area contributed by atoms with Crippen LogP contribution in [0, 0.1) is 0 Å². The van der Waals surface area contributed by atoms with Gasteiger partial charge in [0, 0.05) is 18.3 Å². The Morgan fingerprint density at radius 3 is 2.77 bits per heavy atom. The summed E-state index contributed by atoms with van der Waals surface area (Å²) in [7, 11) is 0. The first-order valence-electron chi connectivity index (χ1n) is 4.97. The van der Waals surface area contributed by atoms with Gasteiger partial charge in [0.1, 0.15) is 0 Å². The van der Waals surface area contributed by atoms with Gasteiger partial charge in [-0.3, -0.25) is 4.99 Å². The molecular formula is C9H16N2S2. The van der Waals surface area contributed by atoms with Crippen LogP contribution in [0.4, 0.5) is 0 Å². The van der Waals surface area contributed by atoms with Crippen LogP contribution in [0.25, 0.3) is 0 Å². The SMILES string of the molecule is C1CN=C(NC2CCSCC2)SC1. The summed E-state index contributed by atoms with van der Waals surface area (Å²) >= 11 is 3.96. The van der Waals surface area contributed by atoms with Crippen LogP contribution in [0.15, 0.2) is 4.99 Å². The lowest BCUT2D eigenvalue weighted by molar-refractivity contribution is 0.569. The number of hydrogen-bond donors (Lipinski definition) is 1. The first-order chi connectivity index (χ1) is 6.45. The van der Waals surface area contributed by atoms with Crippen molar-refractivity contribution in [3.8, 4) is 0 Å². The lowest BCUT2D eigenvalue weighted by atomic mass is 10.2. The van der Waals surface area contributed by atoms with Crippen LogP contribution in [-0.2, 0) is 0 Å². The van der Waals surface area contributed by atoms with Gasteiger partial charge in [0.2, 0.25) is 0 Å². The van der Waals surface area contributed by atoms with E-state index in [1.165, 1.54) is 41.7 Å². The van der Waals surface area contributed by atoms with Crippen molar-refractivity contribution in [2.75, 3.05) is 23.8 Å². The number of amidine groups is 1. The molecular weight excluding hydrogens is 200 g/mol. The summed E-state index contributed by atoms with van der Waals surface area (Å²) in [5.41, 5.74) is 0. The Kier molecular flexibility index (Phi) is 3.85. The van der Waals surface area contributed by atoms with E-state index in [1.54, 1.807) is 0 Å². The second-order valence-electron chi connectivity index (χ2n) is 3.42. The molecule has 4 heteroatoms. The zero-order chi connectivity index (χ0) is 8.93. The zero-order valence-corrected chi connectivity index (χ0v) is 9.42. The average Bonchev–Trinajstić information content (AvgIpc) is 2.21. The highest BCUT2D eigenvalue weighted by atomic mass is 32.2. The van der Waals surface area contributed by atoms with Gasteiger partial charge in [-0.15, -0.1) is 0 Å². The molecule has 0 aliphatic carbocycles. The number of nitrogens with one attached hydrogen (secondary N) is 1. The van der Waals surface area contributed by atoms with E-state index < -0.39 is 0 Å². The molecule has 2 heterocycles. The van der Waals surface area contributed by atoms with E-state index in [4.69, 9.17) is 0 Å². The molecule has 0 amide bonds. The fourth-order valence-corrected chi connectivity index (χ4v) is 3.57. The standard InChI is InChI=1S/C9H16N2S2/c1-4-10-9(13-5-1)11-8-2-6-12-7-3-8/h8H,1-7H2,(H,10,11). The Balaban J connectivity index is 1.78.